The summed E-state index contributed by atoms with van der Waals surface area (Å²) in [6, 6.07) is 16.3. The van der Waals surface area contributed by atoms with Gasteiger partial charge < -0.3 is 5.32 Å². The van der Waals surface area contributed by atoms with E-state index in [4.69, 9.17) is 11.6 Å². The SMILES string of the molecule is Cc1cccc(NCc2ccccc2)c1Cl. The fraction of sp³-hybridized carbons (Fsp3) is 0.143. The molecule has 0 atom stereocenters. The molecule has 0 saturated carbocycles. The average Bonchev–Trinajstić information content (AvgIpc) is 2.32. The number of aryl methyl sites for hydroxylation is 1. The van der Waals surface area contributed by atoms with Crippen molar-refractivity contribution in [2.24, 2.45) is 0 Å². The zero-order valence-electron chi connectivity index (χ0n) is 9.20. The fourth-order valence-electron chi connectivity index (χ4n) is 1.58. The number of halogens is 1. The topological polar surface area (TPSA) is 12.0 Å². The van der Waals surface area contributed by atoms with Crippen molar-refractivity contribution >= 4 is 17.3 Å². The van der Waals surface area contributed by atoms with E-state index in [0.717, 1.165) is 22.8 Å². The van der Waals surface area contributed by atoms with Gasteiger partial charge in [-0.15, -0.1) is 0 Å². The van der Waals surface area contributed by atoms with Gasteiger partial charge in [-0.3, -0.25) is 0 Å². The maximum absolute atomic E-state index is 6.20. The second-order valence-corrected chi connectivity index (χ2v) is 4.15. The largest absolute Gasteiger partial charge is 0.380 e. The van der Waals surface area contributed by atoms with Gasteiger partial charge in [-0.2, -0.15) is 0 Å². The van der Waals surface area contributed by atoms with Crippen LogP contribution in [0.2, 0.25) is 5.02 Å². The third kappa shape index (κ3) is 2.56. The Morgan fingerprint density at radius 3 is 2.50 bits per heavy atom. The van der Waals surface area contributed by atoms with E-state index in [9.17, 15) is 0 Å². The lowest BCUT2D eigenvalue weighted by Gasteiger charge is -2.09. The third-order valence-electron chi connectivity index (χ3n) is 2.52. The molecule has 1 N–H and O–H groups in total. The number of benzene rings is 2. The van der Waals surface area contributed by atoms with Crippen molar-refractivity contribution in [2.45, 2.75) is 13.5 Å². The highest BCUT2D eigenvalue weighted by Gasteiger charge is 2.01. The van der Waals surface area contributed by atoms with Crippen molar-refractivity contribution in [1.29, 1.82) is 0 Å². The van der Waals surface area contributed by atoms with Gasteiger partial charge in [0, 0.05) is 6.54 Å². The lowest BCUT2D eigenvalue weighted by molar-refractivity contribution is 1.15. The van der Waals surface area contributed by atoms with Crippen molar-refractivity contribution < 1.29 is 0 Å². The molecule has 2 heteroatoms. The first-order valence-corrected chi connectivity index (χ1v) is 5.68. The Balaban J connectivity index is 2.08. The smallest absolute Gasteiger partial charge is 0.0666 e. The molecule has 0 spiro atoms. The monoisotopic (exact) mass is 231 g/mol. The van der Waals surface area contributed by atoms with Gasteiger partial charge >= 0.3 is 0 Å². The summed E-state index contributed by atoms with van der Waals surface area (Å²) in [6.45, 7) is 2.81. The Kier molecular flexibility index (Phi) is 3.47. The zero-order valence-corrected chi connectivity index (χ0v) is 9.96. The number of anilines is 1. The number of rotatable bonds is 3. The van der Waals surface area contributed by atoms with Crippen LogP contribution in [0, 0.1) is 6.92 Å². The summed E-state index contributed by atoms with van der Waals surface area (Å²) in [5.41, 5.74) is 3.34. The normalized spacial score (nSPS) is 10.1. The molecule has 82 valence electrons. The van der Waals surface area contributed by atoms with Crippen LogP contribution in [0.3, 0.4) is 0 Å². The Labute approximate surface area is 101 Å². The van der Waals surface area contributed by atoms with E-state index in [1.54, 1.807) is 0 Å². The molecule has 0 heterocycles. The van der Waals surface area contributed by atoms with Crippen LogP contribution in [-0.4, -0.2) is 0 Å². The second kappa shape index (κ2) is 5.04. The molecular formula is C14H14ClN. The highest BCUT2D eigenvalue weighted by Crippen LogP contribution is 2.25. The van der Waals surface area contributed by atoms with Crippen LogP contribution in [0.4, 0.5) is 5.69 Å². The maximum atomic E-state index is 6.20. The molecule has 0 aliphatic heterocycles. The highest BCUT2D eigenvalue weighted by atomic mass is 35.5. The van der Waals surface area contributed by atoms with E-state index in [1.165, 1.54) is 5.56 Å². The quantitative estimate of drug-likeness (QED) is 0.832. The number of hydrogen-bond donors (Lipinski definition) is 1. The molecular weight excluding hydrogens is 218 g/mol. The first-order valence-electron chi connectivity index (χ1n) is 5.30. The van der Waals surface area contributed by atoms with Crippen molar-refractivity contribution in [3.63, 3.8) is 0 Å². The lowest BCUT2D eigenvalue weighted by Crippen LogP contribution is -2.00. The minimum Gasteiger partial charge on any atom is -0.380 e. The van der Waals surface area contributed by atoms with E-state index < -0.39 is 0 Å². The molecule has 2 aromatic carbocycles. The van der Waals surface area contributed by atoms with Crippen molar-refractivity contribution in [2.75, 3.05) is 5.32 Å². The molecule has 0 aliphatic rings. The average molecular weight is 232 g/mol. The standard InChI is InChI=1S/C14H14ClN/c1-11-6-5-9-13(14(11)15)16-10-12-7-3-2-4-8-12/h2-9,16H,10H2,1H3. The van der Waals surface area contributed by atoms with Crippen LogP contribution in [0.1, 0.15) is 11.1 Å². The molecule has 0 radical (unpaired) electrons. The van der Waals surface area contributed by atoms with Gasteiger partial charge in [-0.25, -0.2) is 0 Å². The van der Waals surface area contributed by atoms with Crippen LogP contribution in [-0.2, 0) is 6.54 Å². The van der Waals surface area contributed by atoms with E-state index >= 15 is 0 Å². The van der Waals surface area contributed by atoms with Crippen LogP contribution in [0.15, 0.2) is 48.5 Å². The Bertz CT molecular complexity index is 465. The summed E-state index contributed by atoms with van der Waals surface area (Å²) >= 11 is 6.20. The molecule has 0 fully saturated rings. The summed E-state index contributed by atoms with van der Waals surface area (Å²) in [7, 11) is 0. The summed E-state index contributed by atoms with van der Waals surface area (Å²) in [5.74, 6) is 0. The van der Waals surface area contributed by atoms with Gasteiger partial charge in [0.2, 0.25) is 0 Å². The maximum Gasteiger partial charge on any atom is 0.0666 e. The lowest BCUT2D eigenvalue weighted by atomic mass is 10.2. The molecule has 0 bridgehead atoms. The Morgan fingerprint density at radius 2 is 1.75 bits per heavy atom. The summed E-state index contributed by atoms with van der Waals surface area (Å²) in [4.78, 5) is 0. The second-order valence-electron chi connectivity index (χ2n) is 3.78. The molecule has 0 amide bonds. The molecule has 0 saturated heterocycles. The van der Waals surface area contributed by atoms with E-state index in [-0.39, 0.29) is 0 Å². The molecule has 0 aromatic heterocycles. The van der Waals surface area contributed by atoms with E-state index in [0.29, 0.717) is 0 Å². The van der Waals surface area contributed by atoms with Gasteiger partial charge in [0.15, 0.2) is 0 Å². The first kappa shape index (κ1) is 11.0. The molecule has 0 aliphatic carbocycles. The summed E-state index contributed by atoms with van der Waals surface area (Å²) in [5, 5.41) is 4.14. The van der Waals surface area contributed by atoms with Crippen LogP contribution in [0.25, 0.3) is 0 Å². The Hall–Kier alpha value is -1.47. The summed E-state index contributed by atoms with van der Waals surface area (Å²) in [6.07, 6.45) is 0. The van der Waals surface area contributed by atoms with Gasteiger partial charge in [0.25, 0.3) is 0 Å². The van der Waals surface area contributed by atoms with Crippen molar-refractivity contribution in [3.8, 4) is 0 Å². The third-order valence-corrected chi connectivity index (χ3v) is 3.02. The van der Waals surface area contributed by atoms with Crippen LogP contribution >= 0.6 is 11.6 Å². The van der Waals surface area contributed by atoms with Gasteiger partial charge in [-0.05, 0) is 24.1 Å². The first-order chi connectivity index (χ1) is 7.77. The molecule has 2 rings (SSSR count). The minimum absolute atomic E-state index is 0.796. The van der Waals surface area contributed by atoms with Gasteiger partial charge in [-0.1, -0.05) is 54.1 Å². The predicted molar refractivity (Wildman–Crippen MR) is 70.0 cm³/mol. The van der Waals surface area contributed by atoms with Crippen molar-refractivity contribution in [1.82, 2.24) is 0 Å². The molecule has 1 nitrogen and oxygen atoms in total. The highest BCUT2D eigenvalue weighted by molar-refractivity contribution is 6.33. The van der Waals surface area contributed by atoms with Gasteiger partial charge in [0.1, 0.15) is 0 Å². The summed E-state index contributed by atoms with van der Waals surface area (Å²) < 4.78 is 0. The number of nitrogens with one attached hydrogen (secondary N) is 1. The number of hydrogen-bond acceptors (Lipinski definition) is 1. The van der Waals surface area contributed by atoms with Gasteiger partial charge in [0.05, 0.1) is 10.7 Å². The molecule has 16 heavy (non-hydrogen) atoms. The minimum atomic E-state index is 0.796. The molecule has 2 aromatic rings. The van der Waals surface area contributed by atoms with Crippen molar-refractivity contribution in [3.05, 3.63) is 64.7 Å². The van der Waals surface area contributed by atoms with Crippen LogP contribution < -0.4 is 5.32 Å². The Morgan fingerprint density at radius 1 is 1.00 bits per heavy atom. The zero-order chi connectivity index (χ0) is 11.4. The fourth-order valence-corrected chi connectivity index (χ4v) is 1.77. The predicted octanol–water partition coefficient (Wildman–Crippen LogP) is 4.26. The van der Waals surface area contributed by atoms with E-state index in [2.05, 4.69) is 17.4 Å². The van der Waals surface area contributed by atoms with E-state index in [1.807, 2.05) is 43.3 Å². The molecule has 0 unspecified atom stereocenters. The van der Waals surface area contributed by atoms with Crippen LogP contribution in [0.5, 0.6) is 0 Å².